The third kappa shape index (κ3) is 2.73. The summed E-state index contributed by atoms with van der Waals surface area (Å²) in [6, 6.07) is 3.85. The van der Waals surface area contributed by atoms with E-state index in [4.69, 9.17) is 10.2 Å². The number of carbonyl (C=O) groups is 1. The van der Waals surface area contributed by atoms with Gasteiger partial charge in [0.05, 0.1) is 13.2 Å². The summed E-state index contributed by atoms with van der Waals surface area (Å²) in [5.41, 5.74) is 5.97. The minimum atomic E-state index is -0.441. The zero-order valence-corrected chi connectivity index (χ0v) is 10.9. The van der Waals surface area contributed by atoms with Gasteiger partial charge in [0.15, 0.2) is 0 Å². The average molecular weight is 252 g/mol. The van der Waals surface area contributed by atoms with Crippen LogP contribution in [0.25, 0.3) is 0 Å². The molecule has 2 N–H and O–H groups in total. The molecule has 1 aliphatic rings. The first-order valence-corrected chi connectivity index (χ1v) is 6.29. The Morgan fingerprint density at radius 2 is 2.39 bits per heavy atom. The average Bonchev–Trinajstić information content (AvgIpc) is 2.86. The fourth-order valence-electron chi connectivity index (χ4n) is 2.36. The van der Waals surface area contributed by atoms with Crippen LogP contribution in [0.2, 0.25) is 0 Å². The molecule has 18 heavy (non-hydrogen) atoms. The van der Waals surface area contributed by atoms with Gasteiger partial charge in [-0.2, -0.15) is 0 Å². The number of furan rings is 1. The molecule has 0 aliphatic carbocycles. The number of ether oxygens (including phenoxy) is 1. The summed E-state index contributed by atoms with van der Waals surface area (Å²) in [5, 5.41) is 0. The van der Waals surface area contributed by atoms with E-state index >= 15 is 0 Å². The summed E-state index contributed by atoms with van der Waals surface area (Å²) in [5.74, 6) is 0.592. The van der Waals surface area contributed by atoms with Crippen molar-refractivity contribution < 1.29 is 13.9 Å². The first-order chi connectivity index (χ1) is 8.61. The largest absolute Gasteiger partial charge is 0.463 e. The lowest BCUT2D eigenvalue weighted by Crippen LogP contribution is -2.43. The van der Waals surface area contributed by atoms with Crippen molar-refractivity contribution in [2.75, 3.05) is 20.2 Å². The molecular weight excluding hydrogens is 232 g/mol. The number of rotatable bonds is 3. The molecule has 1 aromatic heterocycles. The topological polar surface area (TPSA) is 68.7 Å². The highest BCUT2D eigenvalue weighted by Gasteiger charge is 2.25. The minimum absolute atomic E-state index is 0.134. The molecule has 0 amide bonds. The van der Waals surface area contributed by atoms with Crippen molar-refractivity contribution in [1.82, 2.24) is 4.90 Å². The van der Waals surface area contributed by atoms with Gasteiger partial charge in [-0.05, 0) is 38.4 Å². The van der Waals surface area contributed by atoms with Crippen LogP contribution in [0.4, 0.5) is 0 Å². The second-order valence-corrected chi connectivity index (χ2v) is 4.77. The maximum atomic E-state index is 11.3. The van der Waals surface area contributed by atoms with Crippen LogP contribution in [0.15, 0.2) is 16.5 Å². The van der Waals surface area contributed by atoms with Gasteiger partial charge in [0.1, 0.15) is 5.76 Å². The van der Waals surface area contributed by atoms with Crippen molar-refractivity contribution in [3.63, 3.8) is 0 Å². The summed E-state index contributed by atoms with van der Waals surface area (Å²) >= 11 is 0. The molecule has 1 saturated heterocycles. The van der Waals surface area contributed by atoms with Crippen LogP contribution < -0.4 is 5.73 Å². The molecule has 1 fully saturated rings. The number of nitrogens with zero attached hydrogens (tertiary/aromatic N) is 1. The minimum Gasteiger partial charge on any atom is -0.463 e. The molecule has 100 valence electrons. The second-order valence-electron chi connectivity index (χ2n) is 4.77. The zero-order valence-electron chi connectivity index (χ0n) is 10.9. The predicted octanol–water partition coefficient (Wildman–Crippen LogP) is 1.55. The standard InChI is InChI=1S/C13H20N2O3/c1-9(15-7-3-4-10(14)8-15)11-5-6-12(18-11)13(16)17-2/h5-6,9-10H,3-4,7-8,14H2,1-2H3. The SMILES string of the molecule is COC(=O)c1ccc(C(C)N2CCCC(N)C2)o1. The molecule has 5 nitrogen and oxygen atoms in total. The van der Waals surface area contributed by atoms with E-state index in [9.17, 15) is 4.79 Å². The summed E-state index contributed by atoms with van der Waals surface area (Å²) in [6.45, 7) is 3.95. The Hall–Kier alpha value is -1.33. The van der Waals surface area contributed by atoms with Crippen LogP contribution >= 0.6 is 0 Å². The molecule has 0 bridgehead atoms. The predicted molar refractivity (Wildman–Crippen MR) is 67.2 cm³/mol. The van der Waals surface area contributed by atoms with E-state index in [1.54, 1.807) is 6.07 Å². The Morgan fingerprint density at radius 3 is 3.06 bits per heavy atom. The number of esters is 1. The van der Waals surface area contributed by atoms with Gasteiger partial charge in [-0.1, -0.05) is 0 Å². The van der Waals surface area contributed by atoms with Gasteiger partial charge >= 0.3 is 5.97 Å². The number of nitrogens with two attached hydrogens (primary N) is 1. The van der Waals surface area contributed by atoms with Gasteiger partial charge in [-0.15, -0.1) is 0 Å². The van der Waals surface area contributed by atoms with E-state index in [-0.39, 0.29) is 17.8 Å². The van der Waals surface area contributed by atoms with E-state index < -0.39 is 5.97 Å². The smallest absolute Gasteiger partial charge is 0.373 e. The van der Waals surface area contributed by atoms with Crippen molar-refractivity contribution in [2.24, 2.45) is 5.73 Å². The third-order valence-corrected chi connectivity index (χ3v) is 3.46. The molecular formula is C13H20N2O3. The summed E-state index contributed by atoms with van der Waals surface area (Å²) in [7, 11) is 1.34. The molecule has 1 aliphatic heterocycles. The lowest BCUT2D eigenvalue weighted by Gasteiger charge is -2.34. The van der Waals surface area contributed by atoms with Crippen molar-refractivity contribution >= 4 is 5.97 Å². The van der Waals surface area contributed by atoms with Gasteiger partial charge < -0.3 is 14.9 Å². The monoisotopic (exact) mass is 252 g/mol. The highest BCUT2D eigenvalue weighted by molar-refractivity contribution is 5.86. The van der Waals surface area contributed by atoms with Crippen LogP contribution in [0, 0.1) is 0 Å². The van der Waals surface area contributed by atoms with Gasteiger partial charge in [-0.3, -0.25) is 4.90 Å². The molecule has 0 aromatic carbocycles. The number of methoxy groups -OCH3 is 1. The highest BCUT2D eigenvalue weighted by Crippen LogP contribution is 2.25. The van der Waals surface area contributed by atoms with Gasteiger partial charge in [0.2, 0.25) is 5.76 Å². The Kier molecular flexibility index (Phi) is 4.04. The Balaban J connectivity index is 2.06. The lowest BCUT2D eigenvalue weighted by molar-refractivity contribution is 0.0557. The van der Waals surface area contributed by atoms with Crippen molar-refractivity contribution in [3.05, 3.63) is 23.7 Å². The third-order valence-electron chi connectivity index (χ3n) is 3.46. The molecule has 0 spiro atoms. The molecule has 1 aromatic rings. The molecule has 0 radical (unpaired) electrons. The van der Waals surface area contributed by atoms with Gasteiger partial charge in [-0.25, -0.2) is 4.79 Å². The first-order valence-electron chi connectivity index (χ1n) is 6.29. The van der Waals surface area contributed by atoms with Gasteiger partial charge in [0, 0.05) is 12.6 Å². The molecule has 2 rings (SSSR count). The number of piperidine rings is 1. The van der Waals surface area contributed by atoms with E-state index in [2.05, 4.69) is 16.6 Å². The summed E-state index contributed by atoms with van der Waals surface area (Å²) < 4.78 is 10.2. The number of hydrogen-bond donors (Lipinski definition) is 1. The van der Waals surface area contributed by atoms with Crippen LogP contribution in [0.1, 0.15) is 42.1 Å². The van der Waals surface area contributed by atoms with E-state index in [0.717, 1.165) is 31.7 Å². The maximum absolute atomic E-state index is 11.3. The van der Waals surface area contributed by atoms with Crippen LogP contribution in [-0.4, -0.2) is 37.1 Å². The Bertz CT molecular complexity index is 416. The van der Waals surface area contributed by atoms with Crippen LogP contribution in [-0.2, 0) is 4.74 Å². The number of carbonyl (C=O) groups excluding carboxylic acids is 1. The van der Waals surface area contributed by atoms with Gasteiger partial charge in [0.25, 0.3) is 0 Å². The summed E-state index contributed by atoms with van der Waals surface area (Å²) in [4.78, 5) is 13.6. The quantitative estimate of drug-likeness (QED) is 0.827. The number of hydrogen-bond acceptors (Lipinski definition) is 5. The normalized spacial score (nSPS) is 22.7. The fourth-order valence-corrected chi connectivity index (χ4v) is 2.36. The number of likely N-dealkylation sites (tertiary alicyclic amines) is 1. The highest BCUT2D eigenvalue weighted by atomic mass is 16.5. The van der Waals surface area contributed by atoms with Crippen LogP contribution in [0.3, 0.4) is 0 Å². The van der Waals surface area contributed by atoms with Crippen molar-refractivity contribution in [1.29, 1.82) is 0 Å². The first kappa shape index (κ1) is 13.1. The van der Waals surface area contributed by atoms with Crippen molar-refractivity contribution in [3.8, 4) is 0 Å². The second kappa shape index (κ2) is 5.54. The zero-order chi connectivity index (χ0) is 13.1. The Labute approximate surface area is 107 Å². The molecule has 2 heterocycles. The fraction of sp³-hybridized carbons (Fsp3) is 0.615. The Morgan fingerprint density at radius 1 is 1.61 bits per heavy atom. The molecule has 5 heteroatoms. The van der Waals surface area contributed by atoms with Crippen LogP contribution in [0.5, 0.6) is 0 Å². The van der Waals surface area contributed by atoms with Crippen molar-refractivity contribution in [2.45, 2.75) is 31.8 Å². The molecule has 0 saturated carbocycles. The van der Waals surface area contributed by atoms with E-state index in [0.29, 0.717) is 0 Å². The van der Waals surface area contributed by atoms with E-state index in [1.807, 2.05) is 6.07 Å². The molecule has 2 atom stereocenters. The van der Waals surface area contributed by atoms with E-state index in [1.165, 1.54) is 7.11 Å². The molecule has 2 unspecified atom stereocenters. The lowest BCUT2D eigenvalue weighted by atomic mass is 10.0. The maximum Gasteiger partial charge on any atom is 0.373 e. The summed E-state index contributed by atoms with van der Waals surface area (Å²) in [6.07, 6.45) is 2.19.